The van der Waals surface area contributed by atoms with E-state index in [9.17, 15) is 9.59 Å². The first-order valence-electron chi connectivity index (χ1n) is 12.8. The van der Waals surface area contributed by atoms with Gasteiger partial charge in [-0.1, -0.05) is 72.8 Å². The Labute approximate surface area is 223 Å². The molecule has 1 saturated heterocycles. The molecule has 5 rings (SSSR count). The minimum atomic E-state index is -0.590. The SMILES string of the molecule is COC(=O)[C@H]1[C@H](N(Cc2ccccc2)[C@H](Cc2ccccc2)C(=O)Nc2ccc(OC)cc2)[C@H]2C=C[C@@H]1O2. The molecule has 3 aromatic carbocycles. The van der Waals surface area contributed by atoms with E-state index in [1.807, 2.05) is 97.1 Å². The number of methoxy groups -OCH3 is 2. The second kappa shape index (κ2) is 11.6. The summed E-state index contributed by atoms with van der Waals surface area (Å²) in [5.41, 5.74) is 2.73. The summed E-state index contributed by atoms with van der Waals surface area (Å²) in [6.07, 6.45) is 3.68. The van der Waals surface area contributed by atoms with Gasteiger partial charge in [0.25, 0.3) is 0 Å². The van der Waals surface area contributed by atoms with Gasteiger partial charge < -0.3 is 19.5 Å². The summed E-state index contributed by atoms with van der Waals surface area (Å²) in [5, 5.41) is 3.09. The van der Waals surface area contributed by atoms with Crippen molar-refractivity contribution in [1.29, 1.82) is 0 Å². The Morgan fingerprint density at radius 2 is 1.50 bits per heavy atom. The minimum absolute atomic E-state index is 0.162. The normalized spacial score (nSPS) is 22.3. The third-order valence-electron chi connectivity index (χ3n) is 7.26. The lowest BCUT2D eigenvalue weighted by Gasteiger charge is -2.40. The minimum Gasteiger partial charge on any atom is -0.497 e. The fraction of sp³-hybridized carbons (Fsp3) is 0.290. The zero-order valence-corrected chi connectivity index (χ0v) is 21.5. The average Bonchev–Trinajstić information content (AvgIpc) is 3.58. The van der Waals surface area contributed by atoms with Crippen molar-refractivity contribution in [2.75, 3.05) is 19.5 Å². The van der Waals surface area contributed by atoms with Crippen molar-refractivity contribution in [3.63, 3.8) is 0 Å². The van der Waals surface area contributed by atoms with Crippen LogP contribution in [0, 0.1) is 5.92 Å². The van der Waals surface area contributed by atoms with E-state index in [1.165, 1.54) is 7.11 Å². The first kappa shape index (κ1) is 25.7. The van der Waals surface area contributed by atoms with Crippen LogP contribution in [0.5, 0.6) is 5.75 Å². The molecule has 2 aliphatic rings. The second-order valence-corrected chi connectivity index (χ2v) is 9.57. The number of benzene rings is 3. The van der Waals surface area contributed by atoms with Crippen molar-refractivity contribution in [2.24, 2.45) is 5.92 Å². The van der Waals surface area contributed by atoms with Crippen LogP contribution >= 0.6 is 0 Å². The van der Waals surface area contributed by atoms with Crippen molar-refractivity contribution < 1.29 is 23.8 Å². The highest BCUT2D eigenvalue weighted by Gasteiger charge is 2.54. The van der Waals surface area contributed by atoms with Crippen LogP contribution in [0.25, 0.3) is 0 Å². The molecule has 7 nitrogen and oxygen atoms in total. The van der Waals surface area contributed by atoms with E-state index in [0.29, 0.717) is 24.4 Å². The van der Waals surface area contributed by atoms with E-state index in [2.05, 4.69) is 10.2 Å². The number of carbonyl (C=O) groups excluding carboxylic acids is 2. The molecule has 1 fully saturated rings. The summed E-state index contributed by atoms with van der Waals surface area (Å²) in [7, 11) is 3.00. The highest BCUT2D eigenvalue weighted by molar-refractivity contribution is 5.95. The molecule has 0 unspecified atom stereocenters. The fourth-order valence-electron chi connectivity index (χ4n) is 5.41. The third kappa shape index (κ3) is 5.49. The van der Waals surface area contributed by atoms with Crippen molar-refractivity contribution in [3.05, 3.63) is 108 Å². The fourth-order valence-corrected chi connectivity index (χ4v) is 5.41. The maximum atomic E-state index is 14.1. The van der Waals surface area contributed by atoms with Gasteiger partial charge in [0.1, 0.15) is 11.7 Å². The quantitative estimate of drug-likeness (QED) is 0.324. The first-order chi connectivity index (χ1) is 18.6. The number of esters is 1. The number of hydrogen-bond donors (Lipinski definition) is 1. The molecule has 2 aliphatic heterocycles. The van der Waals surface area contributed by atoms with Crippen molar-refractivity contribution in [1.82, 2.24) is 4.90 Å². The number of amides is 1. The highest BCUT2D eigenvalue weighted by Crippen LogP contribution is 2.40. The molecular formula is C31H32N2O5. The number of ether oxygens (including phenoxy) is 3. The van der Waals surface area contributed by atoms with E-state index in [1.54, 1.807) is 7.11 Å². The van der Waals surface area contributed by atoms with Crippen LogP contribution in [0.3, 0.4) is 0 Å². The average molecular weight is 513 g/mol. The van der Waals surface area contributed by atoms with E-state index >= 15 is 0 Å². The maximum Gasteiger partial charge on any atom is 0.313 e. The van der Waals surface area contributed by atoms with Gasteiger partial charge in [0.2, 0.25) is 5.91 Å². The van der Waals surface area contributed by atoms with Crippen LogP contribution in [-0.2, 0) is 32.0 Å². The zero-order chi connectivity index (χ0) is 26.5. The predicted octanol–water partition coefficient (Wildman–Crippen LogP) is 4.24. The van der Waals surface area contributed by atoms with E-state index < -0.39 is 12.0 Å². The molecule has 196 valence electrons. The predicted molar refractivity (Wildman–Crippen MR) is 145 cm³/mol. The van der Waals surface area contributed by atoms with E-state index in [-0.39, 0.29) is 30.1 Å². The molecule has 2 heterocycles. The third-order valence-corrected chi connectivity index (χ3v) is 7.26. The second-order valence-electron chi connectivity index (χ2n) is 9.57. The molecule has 5 atom stereocenters. The highest BCUT2D eigenvalue weighted by atomic mass is 16.5. The van der Waals surface area contributed by atoms with Gasteiger partial charge in [0, 0.05) is 12.2 Å². The van der Waals surface area contributed by atoms with Gasteiger partial charge in [-0.15, -0.1) is 0 Å². The molecule has 1 N–H and O–H groups in total. The zero-order valence-electron chi connectivity index (χ0n) is 21.5. The van der Waals surface area contributed by atoms with Crippen molar-refractivity contribution >= 4 is 17.6 Å². The molecule has 38 heavy (non-hydrogen) atoms. The first-order valence-corrected chi connectivity index (χ1v) is 12.8. The van der Waals surface area contributed by atoms with Gasteiger partial charge in [-0.3, -0.25) is 14.5 Å². The van der Waals surface area contributed by atoms with Crippen LogP contribution in [0.1, 0.15) is 11.1 Å². The number of rotatable bonds is 10. The lowest BCUT2D eigenvalue weighted by atomic mass is 9.85. The lowest BCUT2D eigenvalue weighted by Crippen LogP contribution is -2.56. The van der Waals surface area contributed by atoms with Gasteiger partial charge in [0.15, 0.2) is 0 Å². The molecule has 0 aliphatic carbocycles. The number of fused-ring (bicyclic) bond motifs is 2. The standard InChI is InChI=1S/C31H32N2O5/c1-36-24-15-13-23(14-16-24)32-30(34)25(19-21-9-5-3-6-10-21)33(20-22-11-7-4-8-12-22)29-27-18-17-26(38-27)28(29)31(35)37-2/h3-18,25-29H,19-20H2,1-2H3,(H,32,34)/t25-,26+,27-,28-,29-/m1/s1. The maximum absolute atomic E-state index is 14.1. The molecule has 0 spiro atoms. The molecule has 0 radical (unpaired) electrons. The monoisotopic (exact) mass is 512 g/mol. The Balaban J connectivity index is 1.54. The van der Waals surface area contributed by atoms with Gasteiger partial charge >= 0.3 is 5.97 Å². The summed E-state index contributed by atoms with van der Waals surface area (Å²) in [5.74, 6) is -0.323. The number of carbonyl (C=O) groups is 2. The van der Waals surface area contributed by atoms with Gasteiger partial charge in [-0.2, -0.15) is 0 Å². The largest absolute Gasteiger partial charge is 0.497 e. The topological polar surface area (TPSA) is 77.1 Å². The smallest absolute Gasteiger partial charge is 0.313 e. The van der Waals surface area contributed by atoms with Gasteiger partial charge in [-0.05, 0) is 41.8 Å². The molecule has 0 aromatic heterocycles. The molecule has 2 bridgehead atoms. The van der Waals surface area contributed by atoms with Crippen LogP contribution in [0.4, 0.5) is 5.69 Å². The Morgan fingerprint density at radius 1 is 0.868 bits per heavy atom. The van der Waals surface area contributed by atoms with Crippen LogP contribution in [0.2, 0.25) is 0 Å². The number of hydrogen-bond acceptors (Lipinski definition) is 6. The number of nitrogens with one attached hydrogen (secondary N) is 1. The van der Waals surface area contributed by atoms with Crippen LogP contribution in [-0.4, -0.2) is 55.3 Å². The van der Waals surface area contributed by atoms with Gasteiger partial charge in [-0.25, -0.2) is 0 Å². The summed E-state index contributed by atoms with van der Waals surface area (Å²) < 4.78 is 16.6. The Morgan fingerprint density at radius 3 is 2.13 bits per heavy atom. The van der Waals surface area contributed by atoms with Gasteiger partial charge in [0.05, 0.1) is 38.5 Å². The summed E-state index contributed by atoms with van der Waals surface area (Å²) in [6, 6.07) is 26.2. The van der Waals surface area contributed by atoms with E-state index in [0.717, 1.165) is 11.1 Å². The van der Waals surface area contributed by atoms with E-state index in [4.69, 9.17) is 14.2 Å². The van der Waals surface area contributed by atoms with Crippen LogP contribution < -0.4 is 10.1 Å². The Hall–Kier alpha value is -3.94. The summed E-state index contributed by atoms with van der Waals surface area (Å²) in [6.45, 7) is 0.465. The molecule has 7 heteroatoms. The number of nitrogens with zero attached hydrogens (tertiary/aromatic N) is 1. The van der Waals surface area contributed by atoms with Crippen molar-refractivity contribution in [2.45, 2.75) is 37.3 Å². The molecular weight excluding hydrogens is 480 g/mol. The Bertz CT molecular complexity index is 1260. The Kier molecular flexibility index (Phi) is 7.86. The summed E-state index contributed by atoms with van der Waals surface area (Å²) in [4.78, 5) is 29.2. The summed E-state index contributed by atoms with van der Waals surface area (Å²) >= 11 is 0. The van der Waals surface area contributed by atoms with Crippen molar-refractivity contribution in [3.8, 4) is 5.75 Å². The van der Waals surface area contributed by atoms with Crippen LogP contribution in [0.15, 0.2) is 97.1 Å². The lowest BCUT2D eigenvalue weighted by molar-refractivity contribution is -0.149. The molecule has 1 amide bonds. The number of anilines is 1. The molecule has 0 saturated carbocycles. The molecule has 3 aromatic rings.